The number of hydrogen-bond donors (Lipinski definition) is 2. The maximum atomic E-state index is 11.8. The van der Waals surface area contributed by atoms with Crippen LogP contribution in [0.3, 0.4) is 0 Å². The highest BCUT2D eigenvalue weighted by Gasteiger charge is 2.14. The molecule has 0 saturated heterocycles. The van der Waals surface area contributed by atoms with Crippen LogP contribution < -0.4 is 15.4 Å². The van der Waals surface area contributed by atoms with Gasteiger partial charge in [0.1, 0.15) is 5.75 Å². The molecule has 0 atom stereocenters. The van der Waals surface area contributed by atoms with E-state index in [1.54, 1.807) is 36.4 Å². The summed E-state index contributed by atoms with van der Waals surface area (Å²) in [5.74, 6) is -0.855. The first-order valence-corrected chi connectivity index (χ1v) is 7.18. The predicted octanol–water partition coefficient (Wildman–Crippen LogP) is 2.88. The van der Waals surface area contributed by atoms with Crippen molar-refractivity contribution in [3.05, 3.63) is 52.1 Å². The molecule has 108 valence electrons. The third-order valence-electron chi connectivity index (χ3n) is 2.64. The molecule has 2 N–H and O–H groups in total. The van der Waals surface area contributed by atoms with Crippen molar-refractivity contribution in [3.8, 4) is 5.75 Å². The van der Waals surface area contributed by atoms with E-state index < -0.39 is 11.8 Å². The molecule has 0 aromatic heterocycles. The number of methoxy groups -OCH3 is 1. The van der Waals surface area contributed by atoms with Gasteiger partial charge in [-0.1, -0.05) is 6.07 Å². The Balaban J connectivity index is 1.99. The van der Waals surface area contributed by atoms with Crippen LogP contribution in [0.2, 0.25) is 0 Å². The molecule has 0 fully saturated rings. The van der Waals surface area contributed by atoms with E-state index >= 15 is 0 Å². The van der Waals surface area contributed by atoms with Crippen LogP contribution in [0.4, 0.5) is 11.4 Å². The normalized spacial score (nSPS) is 9.81. The fraction of sp³-hybridized carbons (Fsp3) is 0.0667. The van der Waals surface area contributed by atoms with Gasteiger partial charge in [0.25, 0.3) is 0 Å². The molecule has 0 saturated carbocycles. The zero-order chi connectivity index (χ0) is 15.2. The van der Waals surface area contributed by atoms with Crippen LogP contribution in [-0.4, -0.2) is 18.9 Å². The van der Waals surface area contributed by atoms with E-state index in [4.69, 9.17) is 4.74 Å². The first kappa shape index (κ1) is 15.3. The maximum Gasteiger partial charge on any atom is 0.314 e. The lowest BCUT2D eigenvalue weighted by Crippen LogP contribution is -2.29. The maximum absolute atomic E-state index is 11.8. The molecule has 0 heterocycles. The zero-order valence-corrected chi connectivity index (χ0v) is 13.4. The van der Waals surface area contributed by atoms with Crippen LogP contribution in [0, 0.1) is 3.57 Å². The molecule has 6 heteroatoms. The summed E-state index contributed by atoms with van der Waals surface area (Å²) in [6, 6.07) is 13.9. The van der Waals surface area contributed by atoms with Crippen molar-refractivity contribution in [3.63, 3.8) is 0 Å². The molecule has 2 rings (SSSR count). The van der Waals surface area contributed by atoms with Crippen LogP contribution in [0.25, 0.3) is 0 Å². The van der Waals surface area contributed by atoms with Gasteiger partial charge in [-0.15, -0.1) is 0 Å². The van der Waals surface area contributed by atoms with Gasteiger partial charge in [0.2, 0.25) is 0 Å². The summed E-state index contributed by atoms with van der Waals surface area (Å²) in [5, 5.41) is 5.05. The summed E-state index contributed by atoms with van der Waals surface area (Å²) in [5.41, 5.74) is 1.07. The van der Waals surface area contributed by atoms with Crippen molar-refractivity contribution in [2.45, 2.75) is 0 Å². The summed E-state index contributed by atoms with van der Waals surface area (Å²) in [6.45, 7) is 0. The predicted molar refractivity (Wildman–Crippen MR) is 89.4 cm³/mol. The number of hydrogen-bond acceptors (Lipinski definition) is 3. The molecule has 0 spiro atoms. The van der Waals surface area contributed by atoms with E-state index in [9.17, 15) is 9.59 Å². The van der Waals surface area contributed by atoms with Gasteiger partial charge >= 0.3 is 11.8 Å². The van der Waals surface area contributed by atoms with E-state index in [0.717, 1.165) is 3.57 Å². The van der Waals surface area contributed by atoms with Gasteiger partial charge in [-0.3, -0.25) is 9.59 Å². The standard InChI is InChI=1S/C15H13IN2O3/c1-21-13-4-2-3-12(9-13)18-15(20)14(19)17-11-7-5-10(16)6-8-11/h2-9H,1H3,(H,17,19)(H,18,20). The first-order valence-electron chi connectivity index (χ1n) is 6.10. The van der Waals surface area contributed by atoms with Crippen molar-refractivity contribution >= 4 is 45.8 Å². The summed E-state index contributed by atoms with van der Waals surface area (Å²) >= 11 is 2.16. The molecule has 2 amide bonds. The molecule has 2 aromatic carbocycles. The lowest BCUT2D eigenvalue weighted by Gasteiger charge is -2.07. The summed E-state index contributed by atoms with van der Waals surface area (Å²) < 4.78 is 6.10. The quantitative estimate of drug-likeness (QED) is 0.620. The Morgan fingerprint density at radius 1 is 0.952 bits per heavy atom. The molecule has 5 nitrogen and oxygen atoms in total. The highest BCUT2D eigenvalue weighted by Crippen LogP contribution is 2.17. The van der Waals surface area contributed by atoms with E-state index in [1.807, 2.05) is 12.1 Å². The second kappa shape index (κ2) is 7.07. The number of nitrogens with one attached hydrogen (secondary N) is 2. The summed E-state index contributed by atoms with van der Waals surface area (Å²) in [4.78, 5) is 23.6. The molecule has 0 radical (unpaired) electrons. The molecule has 0 bridgehead atoms. The topological polar surface area (TPSA) is 67.4 Å². The van der Waals surface area contributed by atoms with Crippen LogP contribution in [0.5, 0.6) is 5.75 Å². The third kappa shape index (κ3) is 4.45. The lowest BCUT2D eigenvalue weighted by atomic mass is 10.3. The average Bonchev–Trinajstić information content (AvgIpc) is 2.49. The molecule has 0 aliphatic carbocycles. The Morgan fingerprint density at radius 2 is 1.57 bits per heavy atom. The molecular weight excluding hydrogens is 383 g/mol. The minimum Gasteiger partial charge on any atom is -0.497 e. The number of ether oxygens (including phenoxy) is 1. The van der Waals surface area contributed by atoms with Gasteiger partial charge in [-0.25, -0.2) is 0 Å². The van der Waals surface area contributed by atoms with Gasteiger partial charge in [-0.05, 0) is 59.0 Å². The van der Waals surface area contributed by atoms with Gasteiger partial charge in [0, 0.05) is 21.0 Å². The lowest BCUT2D eigenvalue weighted by molar-refractivity contribution is -0.132. The minimum absolute atomic E-state index is 0.497. The molecular formula is C15H13IN2O3. The van der Waals surface area contributed by atoms with Crippen molar-refractivity contribution < 1.29 is 14.3 Å². The number of carbonyl (C=O) groups is 2. The Labute approximate surface area is 135 Å². The van der Waals surface area contributed by atoms with E-state index in [-0.39, 0.29) is 0 Å². The number of carbonyl (C=O) groups excluding carboxylic acids is 2. The van der Waals surface area contributed by atoms with E-state index in [2.05, 4.69) is 33.2 Å². The van der Waals surface area contributed by atoms with Gasteiger partial charge in [0.05, 0.1) is 7.11 Å². The number of benzene rings is 2. The largest absolute Gasteiger partial charge is 0.497 e. The highest BCUT2D eigenvalue weighted by atomic mass is 127. The van der Waals surface area contributed by atoms with Crippen LogP contribution in [0.15, 0.2) is 48.5 Å². The van der Waals surface area contributed by atoms with Crippen molar-refractivity contribution in [2.75, 3.05) is 17.7 Å². The highest BCUT2D eigenvalue weighted by molar-refractivity contribution is 14.1. The zero-order valence-electron chi connectivity index (χ0n) is 11.2. The molecule has 0 unspecified atom stereocenters. The fourth-order valence-electron chi connectivity index (χ4n) is 1.61. The smallest absolute Gasteiger partial charge is 0.314 e. The molecule has 0 aliphatic rings. The van der Waals surface area contributed by atoms with E-state index in [0.29, 0.717) is 17.1 Å². The number of halogens is 1. The van der Waals surface area contributed by atoms with Crippen molar-refractivity contribution in [1.29, 1.82) is 0 Å². The average molecular weight is 396 g/mol. The third-order valence-corrected chi connectivity index (χ3v) is 3.36. The second-order valence-electron chi connectivity index (χ2n) is 4.15. The SMILES string of the molecule is COc1cccc(NC(=O)C(=O)Nc2ccc(I)cc2)c1. The minimum atomic E-state index is -0.734. The number of rotatable bonds is 3. The molecule has 2 aromatic rings. The van der Waals surface area contributed by atoms with Crippen molar-refractivity contribution in [1.82, 2.24) is 0 Å². The Bertz CT molecular complexity index is 656. The van der Waals surface area contributed by atoms with Crippen molar-refractivity contribution in [2.24, 2.45) is 0 Å². The van der Waals surface area contributed by atoms with E-state index in [1.165, 1.54) is 7.11 Å². The van der Waals surface area contributed by atoms with Gasteiger partial charge in [0.15, 0.2) is 0 Å². The number of amides is 2. The fourth-order valence-corrected chi connectivity index (χ4v) is 1.97. The van der Waals surface area contributed by atoms with Gasteiger partial charge in [-0.2, -0.15) is 0 Å². The Hall–Kier alpha value is -2.09. The monoisotopic (exact) mass is 396 g/mol. The Morgan fingerprint density at radius 3 is 2.19 bits per heavy atom. The van der Waals surface area contributed by atoms with Gasteiger partial charge < -0.3 is 15.4 Å². The van der Waals surface area contributed by atoms with Crippen LogP contribution >= 0.6 is 22.6 Å². The van der Waals surface area contributed by atoms with Crippen LogP contribution in [0.1, 0.15) is 0 Å². The molecule has 21 heavy (non-hydrogen) atoms. The second-order valence-corrected chi connectivity index (χ2v) is 5.39. The van der Waals surface area contributed by atoms with Crippen LogP contribution in [-0.2, 0) is 9.59 Å². The number of anilines is 2. The summed E-state index contributed by atoms with van der Waals surface area (Å²) in [7, 11) is 1.53. The molecule has 0 aliphatic heterocycles. The first-order chi connectivity index (χ1) is 10.1. The summed E-state index contributed by atoms with van der Waals surface area (Å²) in [6.07, 6.45) is 0. The Kier molecular flexibility index (Phi) is 5.15.